The molecule has 0 radical (unpaired) electrons. The lowest BCUT2D eigenvalue weighted by Gasteiger charge is -2.21. The van der Waals surface area contributed by atoms with Gasteiger partial charge in [0.25, 0.3) is 5.91 Å². The lowest BCUT2D eigenvalue weighted by Crippen LogP contribution is -2.30. The maximum Gasteiger partial charge on any atom is 0.254 e. The maximum atomic E-state index is 12.1. The second-order valence-corrected chi connectivity index (χ2v) is 7.07. The molecule has 1 unspecified atom stereocenters. The van der Waals surface area contributed by atoms with Gasteiger partial charge in [-0.05, 0) is 44.6 Å². The lowest BCUT2D eigenvalue weighted by molar-refractivity contribution is 0.0950. The zero-order valence-electron chi connectivity index (χ0n) is 11.6. The third kappa shape index (κ3) is 2.62. The van der Waals surface area contributed by atoms with Crippen LogP contribution in [0.4, 0.5) is 0 Å². The van der Waals surface area contributed by atoms with Crippen LogP contribution in [0.1, 0.15) is 50.4 Å². The van der Waals surface area contributed by atoms with Gasteiger partial charge in [0.2, 0.25) is 0 Å². The first kappa shape index (κ1) is 13.7. The van der Waals surface area contributed by atoms with Crippen LogP contribution in [0.15, 0.2) is 5.38 Å². The van der Waals surface area contributed by atoms with E-state index in [4.69, 9.17) is 0 Å². The van der Waals surface area contributed by atoms with Crippen molar-refractivity contribution in [1.29, 1.82) is 0 Å². The van der Waals surface area contributed by atoms with Crippen LogP contribution in [0.25, 0.3) is 0 Å². The van der Waals surface area contributed by atoms with E-state index in [9.17, 15) is 4.79 Å². The fourth-order valence-electron chi connectivity index (χ4n) is 2.65. The highest BCUT2D eigenvalue weighted by atomic mass is 32.1. The Morgan fingerprint density at radius 1 is 1.50 bits per heavy atom. The number of carbonyl (C=O) groups is 1. The van der Waals surface area contributed by atoms with Crippen molar-refractivity contribution in [3.63, 3.8) is 0 Å². The summed E-state index contributed by atoms with van der Waals surface area (Å²) < 4.78 is 4.14. The molecule has 106 valence electrons. The Labute approximate surface area is 126 Å². The summed E-state index contributed by atoms with van der Waals surface area (Å²) in [7, 11) is 0. The Kier molecular flexibility index (Phi) is 3.85. The van der Waals surface area contributed by atoms with E-state index in [0.717, 1.165) is 23.5 Å². The normalized spacial score (nSPS) is 17.8. The molecule has 2 heterocycles. The molecule has 0 bridgehead atoms. The number of hydrogen-bond donors (Lipinski definition) is 1. The second-order valence-electron chi connectivity index (χ2n) is 5.15. The quantitative estimate of drug-likeness (QED) is 0.948. The van der Waals surface area contributed by atoms with Crippen LogP contribution in [0.2, 0.25) is 0 Å². The average molecular weight is 307 g/mol. The predicted octanol–water partition coefficient (Wildman–Crippen LogP) is 3.07. The molecule has 0 saturated carbocycles. The molecule has 4 nitrogen and oxygen atoms in total. The summed E-state index contributed by atoms with van der Waals surface area (Å²) in [6.07, 6.45) is 3.43. The Hall–Kier alpha value is -1.27. The number of rotatable bonds is 3. The van der Waals surface area contributed by atoms with E-state index >= 15 is 0 Å². The number of nitrogens with one attached hydrogen (secondary N) is 1. The van der Waals surface area contributed by atoms with Gasteiger partial charge in [0.05, 0.1) is 22.0 Å². The standard InChI is InChI=1S/C14H17N3OS2/c1-8-11(7-19-17-8)14(18)15-6-10-4-3-5-12-13(10)16-9(2)20-12/h7,10H,3-6H2,1-2H3,(H,15,18). The van der Waals surface area contributed by atoms with Crippen molar-refractivity contribution in [1.82, 2.24) is 14.7 Å². The van der Waals surface area contributed by atoms with Crippen LogP contribution < -0.4 is 5.32 Å². The van der Waals surface area contributed by atoms with Gasteiger partial charge in [-0.2, -0.15) is 4.37 Å². The summed E-state index contributed by atoms with van der Waals surface area (Å²) in [5, 5.41) is 5.98. The first-order chi connectivity index (χ1) is 9.65. The molecule has 0 spiro atoms. The maximum absolute atomic E-state index is 12.1. The zero-order valence-corrected chi connectivity index (χ0v) is 13.2. The molecule has 2 aromatic heterocycles. The van der Waals surface area contributed by atoms with Crippen molar-refractivity contribution >= 4 is 28.8 Å². The van der Waals surface area contributed by atoms with Crippen molar-refractivity contribution in [3.05, 3.63) is 32.2 Å². The highest BCUT2D eigenvalue weighted by molar-refractivity contribution is 7.11. The lowest BCUT2D eigenvalue weighted by atomic mass is 9.91. The Morgan fingerprint density at radius 3 is 3.10 bits per heavy atom. The number of carbonyl (C=O) groups excluding carboxylic acids is 1. The number of amides is 1. The molecule has 0 aliphatic heterocycles. The molecule has 2 aromatic rings. The predicted molar refractivity (Wildman–Crippen MR) is 81.7 cm³/mol. The summed E-state index contributed by atoms with van der Waals surface area (Å²) in [6, 6.07) is 0. The monoisotopic (exact) mass is 307 g/mol. The van der Waals surface area contributed by atoms with E-state index in [1.54, 1.807) is 11.3 Å². The Balaban J connectivity index is 1.68. The van der Waals surface area contributed by atoms with Crippen LogP contribution >= 0.6 is 22.9 Å². The van der Waals surface area contributed by atoms with E-state index < -0.39 is 0 Å². The minimum absolute atomic E-state index is 0.0182. The summed E-state index contributed by atoms with van der Waals surface area (Å²) in [5.74, 6) is 0.342. The topological polar surface area (TPSA) is 54.9 Å². The van der Waals surface area contributed by atoms with E-state index in [0.29, 0.717) is 18.0 Å². The molecule has 20 heavy (non-hydrogen) atoms. The summed E-state index contributed by atoms with van der Waals surface area (Å²) in [6.45, 7) is 4.59. The van der Waals surface area contributed by atoms with Crippen molar-refractivity contribution in [2.75, 3.05) is 6.54 Å². The SMILES string of the molecule is Cc1nc2c(s1)CCCC2CNC(=O)c1csnc1C. The van der Waals surface area contributed by atoms with Crippen LogP contribution in [0, 0.1) is 13.8 Å². The Bertz CT molecular complexity index is 632. The van der Waals surface area contributed by atoms with Crippen molar-refractivity contribution < 1.29 is 4.79 Å². The van der Waals surface area contributed by atoms with Crippen LogP contribution in [-0.4, -0.2) is 21.8 Å². The van der Waals surface area contributed by atoms with E-state index in [1.165, 1.54) is 28.5 Å². The molecular formula is C14H17N3OS2. The van der Waals surface area contributed by atoms with E-state index in [2.05, 4.69) is 21.6 Å². The van der Waals surface area contributed by atoms with Crippen molar-refractivity contribution in [2.45, 2.75) is 39.0 Å². The van der Waals surface area contributed by atoms with Crippen molar-refractivity contribution in [3.8, 4) is 0 Å². The average Bonchev–Trinajstić information content (AvgIpc) is 3.00. The van der Waals surface area contributed by atoms with Gasteiger partial charge in [-0.25, -0.2) is 4.98 Å². The van der Waals surface area contributed by atoms with Crippen LogP contribution in [0.3, 0.4) is 0 Å². The minimum Gasteiger partial charge on any atom is -0.351 e. The smallest absolute Gasteiger partial charge is 0.254 e. The molecule has 1 amide bonds. The van der Waals surface area contributed by atoms with Crippen LogP contribution in [-0.2, 0) is 6.42 Å². The first-order valence-electron chi connectivity index (χ1n) is 6.80. The molecule has 0 saturated heterocycles. The fraction of sp³-hybridized carbons (Fsp3) is 0.500. The molecule has 1 aliphatic rings. The molecular weight excluding hydrogens is 290 g/mol. The first-order valence-corrected chi connectivity index (χ1v) is 8.46. The van der Waals surface area contributed by atoms with Gasteiger partial charge in [0.15, 0.2) is 0 Å². The van der Waals surface area contributed by atoms with Gasteiger partial charge in [0.1, 0.15) is 0 Å². The third-order valence-corrected chi connectivity index (χ3v) is 5.45. The van der Waals surface area contributed by atoms with Crippen LogP contribution in [0.5, 0.6) is 0 Å². The van der Waals surface area contributed by atoms with Crippen molar-refractivity contribution in [2.24, 2.45) is 0 Å². The summed E-state index contributed by atoms with van der Waals surface area (Å²) >= 11 is 3.12. The zero-order chi connectivity index (χ0) is 14.1. The fourth-order valence-corrected chi connectivity index (χ4v) is 4.41. The highest BCUT2D eigenvalue weighted by Gasteiger charge is 2.24. The number of thiazole rings is 1. The van der Waals surface area contributed by atoms with E-state index in [1.807, 2.05) is 12.3 Å². The van der Waals surface area contributed by atoms with Gasteiger partial charge >= 0.3 is 0 Å². The molecule has 6 heteroatoms. The minimum atomic E-state index is -0.0182. The number of aromatic nitrogens is 2. The van der Waals surface area contributed by atoms with Gasteiger partial charge in [-0.3, -0.25) is 4.79 Å². The summed E-state index contributed by atoms with van der Waals surface area (Å²) in [4.78, 5) is 18.2. The molecule has 3 rings (SSSR count). The van der Waals surface area contributed by atoms with E-state index in [-0.39, 0.29) is 5.91 Å². The Morgan fingerprint density at radius 2 is 2.35 bits per heavy atom. The number of hydrogen-bond acceptors (Lipinski definition) is 5. The van der Waals surface area contributed by atoms with Gasteiger partial charge < -0.3 is 5.32 Å². The number of nitrogens with zero attached hydrogens (tertiary/aromatic N) is 2. The number of fused-ring (bicyclic) bond motifs is 1. The second kappa shape index (κ2) is 5.61. The summed E-state index contributed by atoms with van der Waals surface area (Å²) in [5.41, 5.74) is 2.71. The van der Waals surface area contributed by atoms with Gasteiger partial charge in [-0.1, -0.05) is 0 Å². The third-order valence-electron chi connectivity index (χ3n) is 3.68. The molecule has 1 N–H and O–H groups in total. The van der Waals surface area contributed by atoms with Gasteiger partial charge in [-0.15, -0.1) is 11.3 Å². The molecule has 0 fully saturated rings. The molecule has 1 aliphatic carbocycles. The molecule has 1 atom stereocenters. The number of aryl methyl sites for hydroxylation is 3. The largest absolute Gasteiger partial charge is 0.351 e. The molecule has 0 aromatic carbocycles. The van der Waals surface area contributed by atoms with Gasteiger partial charge in [0, 0.05) is 22.7 Å². The highest BCUT2D eigenvalue weighted by Crippen LogP contribution is 2.34.